The van der Waals surface area contributed by atoms with E-state index in [4.69, 9.17) is 4.74 Å². The molecular weight excluding hydrogens is 226 g/mol. The van der Waals surface area contributed by atoms with Crippen LogP contribution in [-0.2, 0) is 7.05 Å². The molecule has 2 aromatic rings. The van der Waals surface area contributed by atoms with Gasteiger partial charge in [0, 0.05) is 25.7 Å². The third-order valence-corrected chi connectivity index (χ3v) is 2.52. The summed E-state index contributed by atoms with van der Waals surface area (Å²) in [5.41, 5.74) is 2.03. The summed E-state index contributed by atoms with van der Waals surface area (Å²) in [4.78, 5) is 0. The fourth-order valence-corrected chi connectivity index (χ4v) is 1.60. The van der Waals surface area contributed by atoms with Crippen LogP contribution >= 0.6 is 0 Å². The number of benzene rings is 1. The molecule has 0 fully saturated rings. The van der Waals surface area contributed by atoms with Gasteiger partial charge in [-0.25, -0.2) is 0 Å². The first kappa shape index (κ1) is 14.1. The molecule has 0 spiro atoms. The van der Waals surface area contributed by atoms with Crippen molar-refractivity contribution in [2.24, 2.45) is 7.05 Å². The van der Waals surface area contributed by atoms with E-state index in [1.807, 2.05) is 63.0 Å². The summed E-state index contributed by atoms with van der Waals surface area (Å²) >= 11 is 0. The fraction of sp³-hybridized carbons (Fsp3) is 0.357. The van der Waals surface area contributed by atoms with Gasteiger partial charge < -0.3 is 10.1 Å². The van der Waals surface area contributed by atoms with E-state index < -0.39 is 0 Å². The highest BCUT2D eigenvalue weighted by Crippen LogP contribution is 2.23. The average molecular weight is 247 g/mol. The molecule has 1 N–H and O–H groups in total. The van der Waals surface area contributed by atoms with E-state index in [2.05, 4.69) is 10.4 Å². The summed E-state index contributed by atoms with van der Waals surface area (Å²) in [6.45, 7) is 4.00. The van der Waals surface area contributed by atoms with Gasteiger partial charge in [-0.05, 0) is 24.3 Å². The highest BCUT2D eigenvalue weighted by molar-refractivity contribution is 5.63. The molecule has 4 heteroatoms. The van der Waals surface area contributed by atoms with Crippen molar-refractivity contribution in [3.8, 4) is 17.0 Å². The number of nitrogens with zero attached hydrogens (tertiary/aromatic N) is 2. The van der Waals surface area contributed by atoms with Gasteiger partial charge in [-0.1, -0.05) is 13.8 Å². The standard InChI is InChI=1S/C12H15N3O.C2H6/c1-13-12-8-11(14-15(12)2)9-4-6-10(16-3)7-5-9;1-2/h4-8,13H,1-3H3;1-2H3. The minimum Gasteiger partial charge on any atom is -0.497 e. The maximum atomic E-state index is 5.12. The number of rotatable bonds is 3. The molecule has 4 nitrogen and oxygen atoms in total. The van der Waals surface area contributed by atoms with Gasteiger partial charge in [0.15, 0.2) is 0 Å². The SMILES string of the molecule is CC.CNc1cc(-c2ccc(OC)cc2)nn1C. The highest BCUT2D eigenvalue weighted by Gasteiger charge is 2.05. The first-order valence-corrected chi connectivity index (χ1v) is 6.11. The average Bonchev–Trinajstić information content (AvgIpc) is 2.82. The van der Waals surface area contributed by atoms with E-state index >= 15 is 0 Å². The minimum atomic E-state index is 0.855. The largest absolute Gasteiger partial charge is 0.497 e. The summed E-state index contributed by atoms with van der Waals surface area (Å²) in [5, 5.41) is 7.50. The second-order valence-electron chi connectivity index (χ2n) is 3.52. The quantitative estimate of drug-likeness (QED) is 0.905. The van der Waals surface area contributed by atoms with Gasteiger partial charge in [0.1, 0.15) is 11.6 Å². The Bertz CT molecular complexity index is 474. The van der Waals surface area contributed by atoms with Crippen LogP contribution in [0.3, 0.4) is 0 Å². The molecule has 0 saturated carbocycles. The molecule has 0 aliphatic heterocycles. The second-order valence-corrected chi connectivity index (χ2v) is 3.52. The van der Waals surface area contributed by atoms with Crippen molar-refractivity contribution < 1.29 is 4.74 Å². The molecule has 0 atom stereocenters. The molecule has 0 saturated heterocycles. The van der Waals surface area contributed by atoms with Crippen LogP contribution < -0.4 is 10.1 Å². The van der Waals surface area contributed by atoms with Crippen LogP contribution in [0.15, 0.2) is 30.3 Å². The molecule has 0 bridgehead atoms. The van der Waals surface area contributed by atoms with E-state index in [9.17, 15) is 0 Å². The van der Waals surface area contributed by atoms with Crippen LogP contribution in [-0.4, -0.2) is 23.9 Å². The van der Waals surface area contributed by atoms with Crippen molar-refractivity contribution in [3.05, 3.63) is 30.3 Å². The lowest BCUT2D eigenvalue weighted by Gasteiger charge is -2.00. The van der Waals surface area contributed by atoms with Gasteiger partial charge in [-0.15, -0.1) is 0 Å². The van der Waals surface area contributed by atoms with Gasteiger partial charge in [0.2, 0.25) is 0 Å². The molecule has 18 heavy (non-hydrogen) atoms. The maximum absolute atomic E-state index is 5.12. The molecule has 1 aromatic carbocycles. The van der Waals surface area contributed by atoms with Crippen molar-refractivity contribution >= 4 is 5.82 Å². The van der Waals surface area contributed by atoms with Crippen LogP contribution in [0.25, 0.3) is 11.3 Å². The summed E-state index contributed by atoms with van der Waals surface area (Å²) in [6, 6.07) is 9.88. The third kappa shape index (κ3) is 3.03. The van der Waals surface area contributed by atoms with Gasteiger partial charge in [-0.2, -0.15) is 5.10 Å². The molecular formula is C14H21N3O. The van der Waals surface area contributed by atoms with Crippen LogP contribution in [0.1, 0.15) is 13.8 Å². The smallest absolute Gasteiger partial charge is 0.124 e. The number of methoxy groups -OCH3 is 1. The Kier molecular flexibility index (Phi) is 5.24. The van der Waals surface area contributed by atoms with E-state index in [0.29, 0.717) is 0 Å². The second kappa shape index (κ2) is 6.69. The highest BCUT2D eigenvalue weighted by atomic mass is 16.5. The number of aryl methyl sites for hydroxylation is 1. The normalized spacial score (nSPS) is 9.39. The summed E-state index contributed by atoms with van der Waals surface area (Å²) < 4.78 is 6.94. The van der Waals surface area contributed by atoms with E-state index in [-0.39, 0.29) is 0 Å². The lowest BCUT2D eigenvalue weighted by atomic mass is 10.1. The van der Waals surface area contributed by atoms with Gasteiger partial charge in [0.25, 0.3) is 0 Å². The predicted molar refractivity (Wildman–Crippen MR) is 76.1 cm³/mol. The summed E-state index contributed by atoms with van der Waals surface area (Å²) in [7, 11) is 5.46. The van der Waals surface area contributed by atoms with Crippen LogP contribution in [0.2, 0.25) is 0 Å². The zero-order valence-electron chi connectivity index (χ0n) is 11.7. The molecule has 0 amide bonds. The topological polar surface area (TPSA) is 39.1 Å². The number of nitrogens with one attached hydrogen (secondary N) is 1. The van der Waals surface area contributed by atoms with Crippen LogP contribution in [0, 0.1) is 0 Å². The van der Waals surface area contributed by atoms with E-state index in [1.54, 1.807) is 7.11 Å². The summed E-state index contributed by atoms with van der Waals surface area (Å²) in [5.74, 6) is 1.85. The first-order chi connectivity index (χ1) is 8.74. The van der Waals surface area contributed by atoms with Gasteiger partial charge in [-0.3, -0.25) is 4.68 Å². The monoisotopic (exact) mass is 247 g/mol. The Morgan fingerprint density at radius 1 is 1.17 bits per heavy atom. The molecule has 1 heterocycles. The number of ether oxygens (including phenoxy) is 1. The summed E-state index contributed by atoms with van der Waals surface area (Å²) in [6.07, 6.45) is 0. The van der Waals surface area contributed by atoms with Gasteiger partial charge in [0.05, 0.1) is 12.8 Å². The van der Waals surface area contributed by atoms with Crippen molar-refractivity contribution in [1.29, 1.82) is 0 Å². The van der Waals surface area contributed by atoms with Crippen molar-refractivity contribution in [1.82, 2.24) is 9.78 Å². The number of anilines is 1. The number of hydrogen-bond donors (Lipinski definition) is 1. The fourth-order valence-electron chi connectivity index (χ4n) is 1.60. The lowest BCUT2D eigenvalue weighted by Crippen LogP contribution is -1.97. The molecule has 1 aromatic heterocycles. The Morgan fingerprint density at radius 2 is 1.78 bits per heavy atom. The Balaban J connectivity index is 0.000000771. The zero-order chi connectivity index (χ0) is 13.5. The van der Waals surface area contributed by atoms with Crippen molar-refractivity contribution in [2.45, 2.75) is 13.8 Å². The molecule has 0 aliphatic rings. The third-order valence-electron chi connectivity index (χ3n) is 2.52. The van der Waals surface area contributed by atoms with Gasteiger partial charge >= 0.3 is 0 Å². The lowest BCUT2D eigenvalue weighted by molar-refractivity contribution is 0.415. The van der Waals surface area contributed by atoms with Crippen LogP contribution in [0.5, 0.6) is 5.75 Å². The predicted octanol–water partition coefficient (Wildman–Crippen LogP) is 3.16. The Morgan fingerprint density at radius 3 is 2.22 bits per heavy atom. The molecule has 0 aliphatic carbocycles. The molecule has 98 valence electrons. The van der Waals surface area contributed by atoms with E-state index in [1.165, 1.54) is 0 Å². The van der Waals surface area contributed by atoms with Crippen LogP contribution in [0.4, 0.5) is 5.82 Å². The number of hydrogen-bond acceptors (Lipinski definition) is 3. The Hall–Kier alpha value is -1.97. The molecule has 2 rings (SSSR count). The first-order valence-electron chi connectivity index (χ1n) is 6.11. The minimum absolute atomic E-state index is 0.855. The maximum Gasteiger partial charge on any atom is 0.124 e. The van der Waals surface area contributed by atoms with Crippen molar-refractivity contribution in [2.75, 3.05) is 19.5 Å². The Labute approximate surface area is 109 Å². The van der Waals surface area contributed by atoms with E-state index in [0.717, 1.165) is 22.8 Å². The molecule has 0 unspecified atom stereocenters. The molecule has 0 radical (unpaired) electrons. The van der Waals surface area contributed by atoms with Crippen molar-refractivity contribution in [3.63, 3.8) is 0 Å². The zero-order valence-corrected chi connectivity index (χ0v) is 11.7. The number of aromatic nitrogens is 2.